The third-order valence-electron chi connectivity index (χ3n) is 6.68. The molecule has 29 heavy (non-hydrogen) atoms. The van der Waals surface area contributed by atoms with Gasteiger partial charge in [-0.05, 0) is 50.0 Å². The molecular formula is C24H33N3O2. The van der Waals surface area contributed by atoms with Crippen LogP contribution in [0.3, 0.4) is 0 Å². The number of aromatic nitrogens is 1. The second kappa shape index (κ2) is 9.12. The van der Waals surface area contributed by atoms with Gasteiger partial charge in [0, 0.05) is 32.6 Å². The van der Waals surface area contributed by atoms with Crippen LogP contribution in [0.25, 0.3) is 0 Å². The minimum atomic E-state index is -0.130. The molecule has 4 rings (SSSR count). The maximum atomic E-state index is 12.5. The molecule has 1 aromatic heterocycles. The minimum Gasteiger partial charge on any atom is -0.436 e. The number of amides is 1. The molecule has 2 fully saturated rings. The zero-order valence-corrected chi connectivity index (χ0v) is 17.7. The van der Waals surface area contributed by atoms with Crippen LogP contribution in [0.1, 0.15) is 72.1 Å². The van der Waals surface area contributed by atoms with Crippen molar-refractivity contribution >= 4 is 5.91 Å². The Bertz CT molecular complexity index is 803. The monoisotopic (exact) mass is 395 g/mol. The number of aryl methyl sites for hydroxylation is 2. The van der Waals surface area contributed by atoms with E-state index >= 15 is 0 Å². The van der Waals surface area contributed by atoms with Gasteiger partial charge in [-0.25, -0.2) is 4.98 Å². The van der Waals surface area contributed by atoms with E-state index in [1.165, 1.54) is 31.2 Å². The molecule has 0 bridgehead atoms. The molecule has 1 saturated heterocycles. The van der Waals surface area contributed by atoms with Gasteiger partial charge in [0.1, 0.15) is 0 Å². The van der Waals surface area contributed by atoms with Gasteiger partial charge in [-0.2, -0.15) is 0 Å². The first-order valence-corrected chi connectivity index (χ1v) is 11.1. The molecule has 1 amide bonds. The van der Waals surface area contributed by atoms with Gasteiger partial charge < -0.3 is 14.6 Å². The number of piperidine rings is 1. The Morgan fingerprint density at radius 2 is 1.83 bits per heavy atom. The molecule has 156 valence electrons. The van der Waals surface area contributed by atoms with E-state index in [0.29, 0.717) is 23.3 Å². The number of hydrogen-bond acceptors (Lipinski definition) is 4. The highest BCUT2D eigenvalue weighted by Gasteiger charge is 2.30. The fraction of sp³-hybridized carbons (Fsp3) is 0.583. The minimum absolute atomic E-state index is 0.130. The third kappa shape index (κ3) is 4.89. The maximum Gasteiger partial charge on any atom is 0.289 e. The lowest BCUT2D eigenvalue weighted by molar-refractivity contribution is 0.0876. The summed E-state index contributed by atoms with van der Waals surface area (Å²) in [6, 6.07) is 11.3. The molecule has 0 radical (unpaired) electrons. The van der Waals surface area contributed by atoms with Crippen LogP contribution in [-0.4, -0.2) is 41.5 Å². The highest BCUT2D eigenvalue weighted by molar-refractivity contribution is 5.92. The number of carbonyl (C=O) groups excluding carboxylic acids is 1. The fourth-order valence-electron chi connectivity index (χ4n) is 5.12. The Labute approximate surface area is 173 Å². The molecule has 0 spiro atoms. The van der Waals surface area contributed by atoms with Crippen molar-refractivity contribution in [2.24, 2.45) is 5.92 Å². The second-order valence-electron chi connectivity index (χ2n) is 8.76. The van der Waals surface area contributed by atoms with Crippen molar-refractivity contribution in [2.75, 3.05) is 19.6 Å². The summed E-state index contributed by atoms with van der Waals surface area (Å²) in [4.78, 5) is 19.3. The SMILES string of the molecule is Cc1nc(C)c(C(=O)NC2CCN(CC(c3ccccc3)C3CCCC3)CC2)o1. The van der Waals surface area contributed by atoms with Gasteiger partial charge in [0.15, 0.2) is 5.89 Å². The summed E-state index contributed by atoms with van der Waals surface area (Å²) >= 11 is 0. The number of benzene rings is 1. The predicted octanol–water partition coefficient (Wildman–Crippen LogP) is 4.46. The smallest absolute Gasteiger partial charge is 0.289 e. The first-order valence-electron chi connectivity index (χ1n) is 11.1. The molecule has 2 aliphatic rings. The normalized spacial score (nSPS) is 20.1. The molecule has 2 aromatic rings. The summed E-state index contributed by atoms with van der Waals surface area (Å²) in [6.07, 6.45) is 7.46. The molecule has 5 nitrogen and oxygen atoms in total. The quantitative estimate of drug-likeness (QED) is 0.784. The Morgan fingerprint density at radius 1 is 1.14 bits per heavy atom. The molecule has 1 aliphatic carbocycles. The van der Waals surface area contributed by atoms with E-state index < -0.39 is 0 Å². The van der Waals surface area contributed by atoms with E-state index in [1.54, 1.807) is 6.92 Å². The van der Waals surface area contributed by atoms with Crippen molar-refractivity contribution in [1.82, 2.24) is 15.2 Å². The molecule has 1 unspecified atom stereocenters. The van der Waals surface area contributed by atoms with Crippen molar-refractivity contribution in [3.63, 3.8) is 0 Å². The van der Waals surface area contributed by atoms with Gasteiger partial charge in [-0.3, -0.25) is 4.79 Å². The van der Waals surface area contributed by atoms with E-state index in [4.69, 9.17) is 4.42 Å². The highest BCUT2D eigenvalue weighted by Crippen LogP contribution is 2.38. The number of rotatable bonds is 6. The van der Waals surface area contributed by atoms with E-state index in [2.05, 4.69) is 45.5 Å². The van der Waals surface area contributed by atoms with Crippen LogP contribution in [-0.2, 0) is 0 Å². The van der Waals surface area contributed by atoms with Crippen LogP contribution in [0.5, 0.6) is 0 Å². The van der Waals surface area contributed by atoms with Crippen molar-refractivity contribution in [1.29, 1.82) is 0 Å². The number of nitrogens with zero attached hydrogens (tertiary/aromatic N) is 2. The van der Waals surface area contributed by atoms with Crippen LogP contribution < -0.4 is 5.32 Å². The molecular weight excluding hydrogens is 362 g/mol. The van der Waals surface area contributed by atoms with Crippen LogP contribution in [0.4, 0.5) is 0 Å². The van der Waals surface area contributed by atoms with Crippen LogP contribution >= 0.6 is 0 Å². The average molecular weight is 396 g/mol. The number of hydrogen-bond donors (Lipinski definition) is 1. The zero-order valence-electron chi connectivity index (χ0n) is 17.7. The van der Waals surface area contributed by atoms with Gasteiger partial charge in [-0.1, -0.05) is 43.2 Å². The number of likely N-dealkylation sites (tertiary alicyclic amines) is 1. The molecule has 5 heteroatoms. The van der Waals surface area contributed by atoms with Crippen molar-refractivity contribution in [2.45, 2.75) is 64.3 Å². The third-order valence-corrected chi connectivity index (χ3v) is 6.68. The number of nitrogens with one attached hydrogen (secondary N) is 1. The Balaban J connectivity index is 1.32. The van der Waals surface area contributed by atoms with Crippen molar-refractivity contribution in [3.05, 3.63) is 53.2 Å². The second-order valence-corrected chi connectivity index (χ2v) is 8.76. The van der Waals surface area contributed by atoms with E-state index in [-0.39, 0.29) is 11.9 Å². The first-order chi connectivity index (χ1) is 14.1. The average Bonchev–Trinajstić information content (AvgIpc) is 3.37. The van der Waals surface area contributed by atoms with Gasteiger partial charge in [-0.15, -0.1) is 0 Å². The van der Waals surface area contributed by atoms with E-state index in [0.717, 1.165) is 38.4 Å². The van der Waals surface area contributed by atoms with Gasteiger partial charge >= 0.3 is 0 Å². The molecule has 2 heterocycles. The standard InChI is InChI=1S/C24H33N3O2/c1-17-23(29-18(2)25-17)24(28)26-21-12-14-27(15-13-21)16-22(20-10-6-7-11-20)19-8-4-3-5-9-19/h3-5,8-9,20-22H,6-7,10-16H2,1-2H3,(H,26,28). The van der Waals surface area contributed by atoms with Crippen LogP contribution in [0.2, 0.25) is 0 Å². The molecule has 1 saturated carbocycles. The summed E-state index contributed by atoms with van der Waals surface area (Å²) in [5, 5.41) is 3.15. The summed E-state index contributed by atoms with van der Waals surface area (Å²) in [5.41, 5.74) is 2.16. The summed E-state index contributed by atoms with van der Waals surface area (Å²) < 4.78 is 5.46. The molecule has 1 atom stereocenters. The fourth-order valence-corrected chi connectivity index (χ4v) is 5.12. The summed E-state index contributed by atoms with van der Waals surface area (Å²) in [7, 11) is 0. The first kappa shape index (κ1) is 20.1. The number of carbonyl (C=O) groups is 1. The topological polar surface area (TPSA) is 58.4 Å². The Hall–Kier alpha value is -2.14. The molecule has 1 aromatic carbocycles. The lowest BCUT2D eigenvalue weighted by Gasteiger charge is -2.36. The summed E-state index contributed by atoms with van der Waals surface area (Å²) in [5.74, 6) is 2.21. The summed E-state index contributed by atoms with van der Waals surface area (Å²) in [6.45, 7) is 6.80. The van der Waals surface area contributed by atoms with Gasteiger partial charge in [0.05, 0.1) is 5.69 Å². The Kier molecular flexibility index (Phi) is 6.34. The van der Waals surface area contributed by atoms with Crippen LogP contribution in [0.15, 0.2) is 34.7 Å². The van der Waals surface area contributed by atoms with E-state index in [1.807, 2.05) is 6.92 Å². The molecule has 1 aliphatic heterocycles. The molecule has 1 N–H and O–H groups in total. The highest BCUT2D eigenvalue weighted by atomic mass is 16.4. The van der Waals surface area contributed by atoms with Gasteiger partial charge in [0.25, 0.3) is 5.91 Å². The lowest BCUT2D eigenvalue weighted by Crippen LogP contribution is -2.46. The maximum absolute atomic E-state index is 12.5. The number of oxazole rings is 1. The predicted molar refractivity (Wildman–Crippen MR) is 114 cm³/mol. The largest absolute Gasteiger partial charge is 0.436 e. The van der Waals surface area contributed by atoms with Crippen LogP contribution in [0, 0.1) is 19.8 Å². The zero-order chi connectivity index (χ0) is 20.2. The van der Waals surface area contributed by atoms with Crippen molar-refractivity contribution in [3.8, 4) is 0 Å². The van der Waals surface area contributed by atoms with E-state index in [9.17, 15) is 4.79 Å². The Morgan fingerprint density at radius 3 is 2.45 bits per heavy atom. The van der Waals surface area contributed by atoms with Crippen molar-refractivity contribution < 1.29 is 9.21 Å². The lowest BCUT2D eigenvalue weighted by atomic mass is 9.84. The van der Waals surface area contributed by atoms with Gasteiger partial charge in [0.2, 0.25) is 5.76 Å².